The minimum Gasteiger partial charge on any atom is -0.340 e. The van der Waals surface area contributed by atoms with Gasteiger partial charge in [-0.1, -0.05) is 48.5 Å². The molecule has 0 aliphatic carbocycles. The Hall–Kier alpha value is -4.08. The second kappa shape index (κ2) is 10.6. The first-order chi connectivity index (χ1) is 19.0. The number of aromatic nitrogens is 4. The lowest BCUT2D eigenvalue weighted by molar-refractivity contribution is -0.132. The molecule has 1 amide bonds. The maximum absolute atomic E-state index is 13.8. The molecule has 6 rings (SSSR count). The topological polar surface area (TPSA) is 75.7 Å². The predicted octanol–water partition coefficient (Wildman–Crippen LogP) is 4.11. The van der Waals surface area contributed by atoms with E-state index in [0.717, 1.165) is 31.0 Å². The Labute approximate surface area is 230 Å². The zero-order chi connectivity index (χ0) is 26.9. The first-order valence-electron chi connectivity index (χ1n) is 13.1. The highest BCUT2D eigenvalue weighted by Crippen LogP contribution is 2.24. The molecule has 0 bridgehead atoms. The maximum atomic E-state index is 13.8. The molecular formula is C30H30N6O2S. The van der Waals surface area contributed by atoms with Crippen LogP contribution in [0, 0.1) is 13.8 Å². The molecule has 1 fully saturated rings. The van der Waals surface area contributed by atoms with E-state index in [1.165, 1.54) is 16.9 Å². The van der Waals surface area contributed by atoms with E-state index in [4.69, 9.17) is 10.1 Å². The van der Waals surface area contributed by atoms with Crippen LogP contribution in [0.5, 0.6) is 0 Å². The minimum atomic E-state index is -0.188. The standard InChI is InChI=1S/C30H30N6O2S/c1-21-17-26(32-36(21)24-11-7-4-8-12-24)28-22(2)31-30-35(29(28)38)25(20-39-30)18-27(37)34-15-13-33(14-16-34)19-23-9-5-3-6-10-23/h3-12,17,20H,13-16,18-19H2,1-2H3. The summed E-state index contributed by atoms with van der Waals surface area (Å²) < 4.78 is 3.42. The molecule has 0 spiro atoms. The molecule has 1 aliphatic heterocycles. The summed E-state index contributed by atoms with van der Waals surface area (Å²) in [5.41, 5.74) is 5.30. The molecule has 2 aromatic carbocycles. The second-order valence-electron chi connectivity index (χ2n) is 9.96. The first-order valence-corrected chi connectivity index (χ1v) is 14.0. The molecule has 5 aromatic rings. The van der Waals surface area contributed by atoms with Gasteiger partial charge in [-0.2, -0.15) is 5.10 Å². The predicted molar refractivity (Wildman–Crippen MR) is 153 cm³/mol. The number of fused-ring (bicyclic) bond motifs is 1. The van der Waals surface area contributed by atoms with Crippen LogP contribution in [0.3, 0.4) is 0 Å². The number of amides is 1. The van der Waals surface area contributed by atoms with E-state index >= 15 is 0 Å². The average molecular weight is 539 g/mol. The van der Waals surface area contributed by atoms with Crippen LogP contribution in [-0.4, -0.2) is 61.1 Å². The maximum Gasteiger partial charge on any atom is 0.268 e. The van der Waals surface area contributed by atoms with Gasteiger partial charge in [0.25, 0.3) is 5.56 Å². The molecular weight excluding hydrogens is 508 g/mol. The zero-order valence-electron chi connectivity index (χ0n) is 22.1. The molecule has 0 radical (unpaired) electrons. The van der Waals surface area contributed by atoms with Crippen LogP contribution >= 0.6 is 11.3 Å². The van der Waals surface area contributed by atoms with Gasteiger partial charge in [-0.15, -0.1) is 11.3 Å². The van der Waals surface area contributed by atoms with Crippen LogP contribution in [0.1, 0.15) is 22.6 Å². The Bertz CT molecular complexity index is 1680. The lowest BCUT2D eigenvalue weighted by atomic mass is 10.1. The van der Waals surface area contributed by atoms with Crippen LogP contribution in [0.2, 0.25) is 0 Å². The van der Waals surface area contributed by atoms with Crippen LogP contribution in [0.15, 0.2) is 76.9 Å². The molecule has 9 heteroatoms. The molecule has 8 nitrogen and oxygen atoms in total. The lowest BCUT2D eigenvalue weighted by Crippen LogP contribution is -2.48. The summed E-state index contributed by atoms with van der Waals surface area (Å²) in [5.74, 6) is 0.0345. The molecule has 3 aromatic heterocycles. The number of para-hydroxylation sites is 1. The van der Waals surface area contributed by atoms with Gasteiger partial charge in [0.05, 0.1) is 23.4 Å². The molecule has 39 heavy (non-hydrogen) atoms. The van der Waals surface area contributed by atoms with Gasteiger partial charge in [0.2, 0.25) is 5.91 Å². The fourth-order valence-electron chi connectivity index (χ4n) is 5.22. The summed E-state index contributed by atoms with van der Waals surface area (Å²) in [6.45, 7) is 7.73. The summed E-state index contributed by atoms with van der Waals surface area (Å²) >= 11 is 1.39. The molecule has 0 atom stereocenters. The number of nitrogens with zero attached hydrogens (tertiary/aromatic N) is 6. The van der Waals surface area contributed by atoms with E-state index < -0.39 is 0 Å². The highest BCUT2D eigenvalue weighted by molar-refractivity contribution is 7.15. The number of benzene rings is 2. The number of hydrogen-bond donors (Lipinski definition) is 0. The van der Waals surface area contributed by atoms with Crippen molar-refractivity contribution in [3.63, 3.8) is 0 Å². The third kappa shape index (κ3) is 5.03. The summed E-state index contributed by atoms with van der Waals surface area (Å²) in [6, 6.07) is 22.2. The monoisotopic (exact) mass is 538 g/mol. The highest BCUT2D eigenvalue weighted by atomic mass is 32.1. The number of carbonyl (C=O) groups excluding carboxylic acids is 1. The van der Waals surface area contributed by atoms with Gasteiger partial charge in [0.15, 0.2) is 4.96 Å². The quantitative estimate of drug-likeness (QED) is 0.325. The molecule has 0 saturated carbocycles. The van der Waals surface area contributed by atoms with Crippen molar-refractivity contribution in [1.82, 2.24) is 29.0 Å². The largest absolute Gasteiger partial charge is 0.340 e. The van der Waals surface area contributed by atoms with E-state index in [9.17, 15) is 9.59 Å². The molecule has 0 N–H and O–H groups in total. The van der Waals surface area contributed by atoms with Crippen molar-refractivity contribution in [2.45, 2.75) is 26.8 Å². The number of piperazine rings is 1. The number of aryl methyl sites for hydroxylation is 2. The summed E-state index contributed by atoms with van der Waals surface area (Å²) in [5, 5.41) is 6.63. The van der Waals surface area contributed by atoms with Crippen LogP contribution in [0.25, 0.3) is 21.9 Å². The normalized spacial score (nSPS) is 14.3. The molecule has 0 unspecified atom stereocenters. The number of rotatable bonds is 6. The van der Waals surface area contributed by atoms with Crippen molar-refractivity contribution in [2.24, 2.45) is 0 Å². The Morgan fingerprint density at radius 3 is 2.36 bits per heavy atom. The van der Waals surface area contributed by atoms with Crippen molar-refractivity contribution in [2.75, 3.05) is 26.2 Å². The van der Waals surface area contributed by atoms with Crippen molar-refractivity contribution >= 4 is 22.2 Å². The average Bonchev–Trinajstić information content (AvgIpc) is 3.53. The van der Waals surface area contributed by atoms with Gasteiger partial charge in [0, 0.05) is 49.5 Å². The van der Waals surface area contributed by atoms with Crippen LogP contribution < -0.4 is 5.56 Å². The van der Waals surface area contributed by atoms with Crippen molar-refractivity contribution < 1.29 is 4.79 Å². The second-order valence-corrected chi connectivity index (χ2v) is 10.8. The zero-order valence-corrected chi connectivity index (χ0v) is 22.9. The number of carbonyl (C=O) groups is 1. The number of thiazole rings is 1. The van der Waals surface area contributed by atoms with Gasteiger partial charge < -0.3 is 4.90 Å². The fraction of sp³-hybridized carbons (Fsp3) is 0.267. The Morgan fingerprint density at radius 2 is 1.64 bits per heavy atom. The van der Waals surface area contributed by atoms with E-state index in [0.29, 0.717) is 40.7 Å². The van der Waals surface area contributed by atoms with Gasteiger partial charge in [-0.25, -0.2) is 9.67 Å². The SMILES string of the molecule is Cc1nc2scc(CC(=O)N3CCN(Cc4ccccc4)CC3)n2c(=O)c1-c1cc(C)n(-c2ccccc2)n1. The van der Waals surface area contributed by atoms with Gasteiger partial charge in [0.1, 0.15) is 5.69 Å². The van der Waals surface area contributed by atoms with E-state index in [1.807, 2.05) is 71.3 Å². The van der Waals surface area contributed by atoms with E-state index in [-0.39, 0.29) is 17.9 Å². The van der Waals surface area contributed by atoms with E-state index in [1.54, 1.807) is 4.40 Å². The summed E-state index contributed by atoms with van der Waals surface area (Å²) in [4.78, 5) is 36.7. The van der Waals surface area contributed by atoms with Crippen molar-refractivity contribution in [1.29, 1.82) is 0 Å². The molecule has 4 heterocycles. The van der Waals surface area contributed by atoms with Crippen LogP contribution in [0.4, 0.5) is 0 Å². The van der Waals surface area contributed by atoms with Crippen molar-refractivity contribution in [3.8, 4) is 16.9 Å². The van der Waals surface area contributed by atoms with Gasteiger partial charge in [-0.3, -0.25) is 18.9 Å². The third-order valence-corrected chi connectivity index (χ3v) is 8.15. The third-order valence-electron chi connectivity index (χ3n) is 7.27. The first kappa shape index (κ1) is 25.2. The lowest BCUT2D eigenvalue weighted by Gasteiger charge is -2.34. The molecule has 1 saturated heterocycles. The Balaban J connectivity index is 1.22. The molecule has 198 valence electrons. The smallest absolute Gasteiger partial charge is 0.268 e. The Morgan fingerprint density at radius 1 is 0.949 bits per heavy atom. The fourth-order valence-corrected chi connectivity index (χ4v) is 6.14. The van der Waals surface area contributed by atoms with Crippen molar-refractivity contribution in [3.05, 3.63) is 105 Å². The Kier molecular flexibility index (Phi) is 6.85. The number of hydrogen-bond acceptors (Lipinski definition) is 6. The summed E-state index contributed by atoms with van der Waals surface area (Å²) in [6.07, 6.45) is 0.167. The van der Waals surface area contributed by atoms with Gasteiger partial charge >= 0.3 is 0 Å². The highest BCUT2D eigenvalue weighted by Gasteiger charge is 2.24. The van der Waals surface area contributed by atoms with E-state index in [2.05, 4.69) is 29.2 Å². The summed E-state index contributed by atoms with van der Waals surface area (Å²) in [7, 11) is 0. The minimum absolute atomic E-state index is 0.0345. The molecule has 1 aliphatic rings. The van der Waals surface area contributed by atoms with Gasteiger partial charge in [-0.05, 0) is 37.6 Å². The van der Waals surface area contributed by atoms with Crippen LogP contribution in [-0.2, 0) is 17.8 Å².